The minimum Gasteiger partial charge on any atom is -0.343 e. The summed E-state index contributed by atoms with van der Waals surface area (Å²) >= 11 is 0. The number of para-hydroxylation sites is 1. The molecule has 28 heavy (non-hydrogen) atoms. The van der Waals surface area contributed by atoms with Crippen LogP contribution in [0.1, 0.15) is 38.9 Å². The second-order valence-electron chi connectivity index (χ2n) is 6.88. The molecule has 0 atom stereocenters. The van der Waals surface area contributed by atoms with E-state index in [9.17, 15) is 9.59 Å². The Hall–Kier alpha value is -2.96. The average molecular weight is 381 g/mol. The van der Waals surface area contributed by atoms with Gasteiger partial charge in [0.25, 0.3) is 5.56 Å². The number of carbonyl (C=O) groups is 1. The number of hydrogen-bond acceptors (Lipinski definition) is 4. The molecule has 7 nitrogen and oxygen atoms in total. The fraction of sp³-hybridized carbons (Fsp3) is 0.429. The Labute approximate surface area is 164 Å². The van der Waals surface area contributed by atoms with Gasteiger partial charge in [-0.15, -0.1) is 0 Å². The van der Waals surface area contributed by atoms with Gasteiger partial charge in [-0.05, 0) is 31.9 Å². The predicted octanol–water partition coefficient (Wildman–Crippen LogP) is 2.93. The van der Waals surface area contributed by atoms with Gasteiger partial charge >= 0.3 is 0 Å². The van der Waals surface area contributed by atoms with Crippen molar-refractivity contribution < 1.29 is 4.79 Å². The Kier molecular flexibility index (Phi) is 6.23. The standard InChI is InChI=1S/C21H27N5O2/c1-4-12-24(13-5-2)19(27)11-14-25-16(3)23-20-18(21(25)28)15-22-26(20)17-9-7-6-8-10-17/h6-10,15H,4-5,11-14H2,1-3H3. The zero-order valence-corrected chi connectivity index (χ0v) is 16.8. The van der Waals surface area contributed by atoms with Crippen molar-refractivity contribution in [1.82, 2.24) is 24.2 Å². The molecule has 3 rings (SSSR count). The molecule has 0 aliphatic rings. The quantitative estimate of drug-likeness (QED) is 0.601. The van der Waals surface area contributed by atoms with Gasteiger partial charge in [-0.25, -0.2) is 9.67 Å². The van der Waals surface area contributed by atoms with Gasteiger partial charge in [0.05, 0.1) is 11.9 Å². The third-order valence-corrected chi connectivity index (χ3v) is 4.77. The van der Waals surface area contributed by atoms with Gasteiger partial charge in [0.1, 0.15) is 11.2 Å². The lowest BCUT2D eigenvalue weighted by atomic mass is 10.3. The number of hydrogen-bond donors (Lipinski definition) is 0. The summed E-state index contributed by atoms with van der Waals surface area (Å²) in [5, 5.41) is 4.81. The molecule has 2 aromatic heterocycles. The highest BCUT2D eigenvalue weighted by Crippen LogP contribution is 2.14. The van der Waals surface area contributed by atoms with Crippen molar-refractivity contribution in [2.75, 3.05) is 13.1 Å². The number of amides is 1. The van der Waals surface area contributed by atoms with E-state index in [-0.39, 0.29) is 11.5 Å². The molecule has 0 unspecified atom stereocenters. The SMILES string of the molecule is CCCN(CCC)C(=O)CCn1c(C)nc2c(cnn2-c2ccccc2)c1=O. The summed E-state index contributed by atoms with van der Waals surface area (Å²) in [6, 6.07) is 9.60. The van der Waals surface area contributed by atoms with Crippen LogP contribution in [-0.2, 0) is 11.3 Å². The van der Waals surface area contributed by atoms with E-state index < -0.39 is 0 Å². The highest BCUT2D eigenvalue weighted by Gasteiger charge is 2.16. The minimum absolute atomic E-state index is 0.0788. The summed E-state index contributed by atoms with van der Waals surface area (Å²) in [4.78, 5) is 32.0. The van der Waals surface area contributed by atoms with Crippen molar-refractivity contribution >= 4 is 16.9 Å². The second kappa shape index (κ2) is 8.82. The van der Waals surface area contributed by atoms with Crippen LogP contribution in [0.25, 0.3) is 16.7 Å². The molecule has 3 aromatic rings. The van der Waals surface area contributed by atoms with Crippen molar-refractivity contribution in [3.05, 3.63) is 52.7 Å². The van der Waals surface area contributed by atoms with Crippen molar-refractivity contribution in [1.29, 1.82) is 0 Å². The first kappa shape index (κ1) is 19.8. The molecule has 7 heteroatoms. The highest BCUT2D eigenvalue weighted by molar-refractivity contribution is 5.77. The van der Waals surface area contributed by atoms with Crippen LogP contribution >= 0.6 is 0 Å². The smallest absolute Gasteiger partial charge is 0.264 e. The van der Waals surface area contributed by atoms with Crippen LogP contribution in [0.2, 0.25) is 0 Å². The molecule has 0 saturated carbocycles. The van der Waals surface area contributed by atoms with Crippen molar-refractivity contribution in [2.24, 2.45) is 0 Å². The molecule has 0 N–H and O–H groups in total. The lowest BCUT2D eigenvalue weighted by Crippen LogP contribution is -2.34. The number of aryl methyl sites for hydroxylation is 1. The third-order valence-electron chi connectivity index (χ3n) is 4.77. The van der Waals surface area contributed by atoms with E-state index >= 15 is 0 Å². The van der Waals surface area contributed by atoms with E-state index in [4.69, 9.17) is 0 Å². The molecule has 0 saturated heterocycles. The van der Waals surface area contributed by atoms with Crippen LogP contribution in [0.5, 0.6) is 0 Å². The molecule has 0 fully saturated rings. The average Bonchev–Trinajstić information content (AvgIpc) is 3.12. The molecule has 0 bridgehead atoms. The van der Waals surface area contributed by atoms with Gasteiger partial charge in [0.15, 0.2) is 5.65 Å². The zero-order chi connectivity index (χ0) is 20.1. The molecular formula is C21H27N5O2. The van der Waals surface area contributed by atoms with Gasteiger partial charge in [0.2, 0.25) is 5.91 Å². The van der Waals surface area contributed by atoms with E-state index in [1.54, 1.807) is 22.4 Å². The van der Waals surface area contributed by atoms with E-state index in [0.717, 1.165) is 31.6 Å². The number of nitrogens with zero attached hydrogens (tertiary/aromatic N) is 5. The number of benzene rings is 1. The van der Waals surface area contributed by atoms with Crippen molar-refractivity contribution in [2.45, 2.75) is 46.6 Å². The first-order valence-corrected chi connectivity index (χ1v) is 9.85. The largest absolute Gasteiger partial charge is 0.343 e. The molecule has 1 aromatic carbocycles. The number of aromatic nitrogens is 4. The molecule has 0 aliphatic heterocycles. The number of rotatable bonds is 8. The van der Waals surface area contributed by atoms with Crippen molar-refractivity contribution in [3.63, 3.8) is 0 Å². The normalized spacial score (nSPS) is 11.1. The second-order valence-corrected chi connectivity index (χ2v) is 6.88. The molecule has 0 spiro atoms. The van der Waals surface area contributed by atoms with Crippen LogP contribution in [0.15, 0.2) is 41.3 Å². The van der Waals surface area contributed by atoms with E-state index in [1.165, 1.54) is 0 Å². The monoisotopic (exact) mass is 381 g/mol. The Balaban J connectivity index is 1.87. The molecule has 0 aliphatic carbocycles. The molecule has 1 amide bonds. The van der Waals surface area contributed by atoms with Gasteiger partial charge in [-0.1, -0.05) is 32.0 Å². The maximum Gasteiger partial charge on any atom is 0.264 e. The van der Waals surface area contributed by atoms with E-state index in [1.807, 2.05) is 35.2 Å². The first-order valence-electron chi connectivity index (χ1n) is 9.85. The van der Waals surface area contributed by atoms with Crippen molar-refractivity contribution in [3.8, 4) is 5.69 Å². The summed E-state index contributed by atoms with van der Waals surface area (Å²) in [5.74, 6) is 0.663. The molecule has 0 radical (unpaired) electrons. The summed E-state index contributed by atoms with van der Waals surface area (Å²) < 4.78 is 3.25. The Morgan fingerprint density at radius 3 is 2.43 bits per heavy atom. The molecule has 148 valence electrons. The van der Waals surface area contributed by atoms with Gasteiger partial charge in [-0.3, -0.25) is 14.2 Å². The van der Waals surface area contributed by atoms with Gasteiger partial charge < -0.3 is 4.90 Å². The van der Waals surface area contributed by atoms with Crippen LogP contribution in [0.3, 0.4) is 0 Å². The molecule has 2 heterocycles. The lowest BCUT2D eigenvalue weighted by Gasteiger charge is -2.21. The van der Waals surface area contributed by atoms with Crippen LogP contribution in [0, 0.1) is 6.92 Å². The Bertz CT molecular complexity index is 1000. The van der Waals surface area contributed by atoms with Crippen LogP contribution in [0.4, 0.5) is 0 Å². The van der Waals surface area contributed by atoms with Crippen LogP contribution < -0.4 is 5.56 Å². The number of carbonyl (C=O) groups excluding carboxylic acids is 1. The van der Waals surface area contributed by atoms with Gasteiger partial charge in [0, 0.05) is 26.1 Å². The fourth-order valence-electron chi connectivity index (χ4n) is 3.39. The fourth-order valence-corrected chi connectivity index (χ4v) is 3.39. The minimum atomic E-state index is -0.157. The summed E-state index contributed by atoms with van der Waals surface area (Å²) in [6.07, 6.45) is 3.70. The van der Waals surface area contributed by atoms with E-state index in [0.29, 0.717) is 29.8 Å². The Morgan fingerprint density at radius 2 is 1.79 bits per heavy atom. The summed E-state index contributed by atoms with van der Waals surface area (Å²) in [6.45, 7) is 7.75. The highest BCUT2D eigenvalue weighted by atomic mass is 16.2. The maximum atomic E-state index is 13.0. The topological polar surface area (TPSA) is 73.0 Å². The predicted molar refractivity (Wildman–Crippen MR) is 110 cm³/mol. The van der Waals surface area contributed by atoms with Crippen LogP contribution in [-0.4, -0.2) is 43.2 Å². The lowest BCUT2D eigenvalue weighted by molar-refractivity contribution is -0.131. The first-order chi connectivity index (χ1) is 13.6. The zero-order valence-electron chi connectivity index (χ0n) is 16.8. The third kappa shape index (κ3) is 3.98. The maximum absolute atomic E-state index is 13.0. The molecular weight excluding hydrogens is 354 g/mol. The number of fused-ring (bicyclic) bond motifs is 1. The summed E-state index contributed by atoms with van der Waals surface area (Å²) in [7, 11) is 0. The summed E-state index contributed by atoms with van der Waals surface area (Å²) in [5.41, 5.74) is 1.23. The van der Waals surface area contributed by atoms with Gasteiger partial charge in [-0.2, -0.15) is 5.10 Å². The van der Waals surface area contributed by atoms with E-state index in [2.05, 4.69) is 23.9 Å². The Morgan fingerprint density at radius 1 is 1.11 bits per heavy atom.